The highest BCUT2D eigenvalue weighted by Crippen LogP contribution is 2.27. The monoisotopic (exact) mass is 427 g/mol. The average Bonchev–Trinajstić information content (AvgIpc) is 2.69. The number of benzene rings is 2. The van der Waals surface area contributed by atoms with E-state index in [9.17, 15) is 10.1 Å². The number of nitriles is 1. The van der Waals surface area contributed by atoms with Gasteiger partial charge in [-0.05, 0) is 56.3 Å². The molecule has 0 bridgehead atoms. The molecular weight excluding hydrogens is 406 g/mol. The molecule has 27 heavy (non-hydrogen) atoms. The molecule has 6 heteroatoms. The summed E-state index contributed by atoms with van der Waals surface area (Å²) < 4.78 is 6.38. The second kappa shape index (κ2) is 9.79. The zero-order chi connectivity index (χ0) is 19.8. The third-order valence-corrected chi connectivity index (χ3v) is 4.64. The number of hydrogen-bond acceptors (Lipinski definition) is 4. The van der Waals surface area contributed by atoms with E-state index in [4.69, 9.17) is 4.74 Å². The van der Waals surface area contributed by atoms with Crippen molar-refractivity contribution in [3.8, 4) is 11.8 Å². The molecule has 0 saturated carbocycles. The molecule has 0 unspecified atom stereocenters. The zero-order valence-corrected chi connectivity index (χ0v) is 17.2. The van der Waals surface area contributed by atoms with E-state index in [2.05, 4.69) is 40.0 Å². The molecule has 0 aromatic heterocycles. The first-order valence-electron chi connectivity index (χ1n) is 8.64. The third-order valence-electron chi connectivity index (χ3n) is 4.11. The van der Waals surface area contributed by atoms with Crippen molar-refractivity contribution in [1.82, 2.24) is 0 Å². The Kier molecular flexibility index (Phi) is 7.44. The summed E-state index contributed by atoms with van der Waals surface area (Å²) >= 11 is 3.35. The Hall–Kier alpha value is -2.78. The lowest BCUT2D eigenvalue weighted by Gasteiger charge is -2.22. The van der Waals surface area contributed by atoms with Crippen LogP contribution in [0.25, 0.3) is 6.08 Å². The van der Waals surface area contributed by atoms with Gasteiger partial charge in [0.25, 0.3) is 5.91 Å². The van der Waals surface area contributed by atoms with Crippen LogP contribution in [0.1, 0.15) is 19.4 Å². The fraction of sp³-hybridized carbons (Fsp3) is 0.238. The maximum Gasteiger partial charge on any atom is 0.266 e. The van der Waals surface area contributed by atoms with Gasteiger partial charge in [0.05, 0.1) is 7.11 Å². The van der Waals surface area contributed by atoms with Crippen molar-refractivity contribution in [3.63, 3.8) is 0 Å². The molecule has 0 fully saturated rings. The Morgan fingerprint density at radius 1 is 1.22 bits per heavy atom. The van der Waals surface area contributed by atoms with Crippen LogP contribution in [0.15, 0.2) is 52.5 Å². The van der Waals surface area contributed by atoms with Crippen molar-refractivity contribution in [2.75, 3.05) is 30.4 Å². The van der Waals surface area contributed by atoms with Crippen LogP contribution in [0.2, 0.25) is 0 Å². The van der Waals surface area contributed by atoms with Gasteiger partial charge in [-0.15, -0.1) is 0 Å². The Bertz CT molecular complexity index is 866. The van der Waals surface area contributed by atoms with Gasteiger partial charge < -0.3 is 15.0 Å². The molecule has 2 aromatic carbocycles. The van der Waals surface area contributed by atoms with Gasteiger partial charge in [-0.3, -0.25) is 4.79 Å². The van der Waals surface area contributed by atoms with Gasteiger partial charge >= 0.3 is 0 Å². The van der Waals surface area contributed by atoms with Crippen LogP contribution in [0.5, 0.6) is 5.75 Å². The number of methoxy groups -OCH3 is 1. The minimum absolute atomic E-state index is 0.00630. The van der Waals surface area contributed by atoms with Crippen LogP contribution in [-0.2, 0) is 4.79 Å². The summed E-state index contributed by atoms with van der Waals surface area (Å²) in [6, 6.07) is 14.9. The van der Waals surface area contributed by atoms with Gasteiger partial charge in [0.2, 0.25) is 0 Å². The highest BCUT2D eigenvalue weighted by Gasteiger charge is 2.12. The Morgan fingerprint density at radius 2 is 1.89 bits per heavy atom. The first kappa shape index (κ1) is 20.5. The lowest BCUT2D eigenvalue weighted by Crippen LogP contribution is -2.21. The molecule has 0 atom stereocenters. The summed E-state index contributed by atoms with van der Waals surface area (Å²) in [5.41, 5.74) is 2.34. The highest BCUT2D eigenvalue weighted by atomic mass is 79.9. The van der Waals surface area contributed by atoms with E-state index in [0.717, 1.165) is 23.2 Å². The largest absolute Gasteiger partial charge is 0.496 e. The van der Waals surface area contributed by atoms with Gasteiger partial charge in [-0.2, -0.15) is 5.26 Å². The predicted octanol–water partition coefficient (Wildman–Crippen LogP) is 4.85. The summed E-state index contributed by atoms with van der Waals surface area (Å²) in [7, 11) is 1.58. The van der Waals surface area contributed by atoms with Gasteiger partial charge in [0.15, 0.2) is 0 Å². The normalized spacial score (nSPS) is 10.9. The van der Waals surface area contributed by atoms with Crippen LogP contribution in [0, 0.1) is 11.3 Å². The first-order valence-corrected chi connectivity index (χ1v) is 9.43. The minimum atomic E-state index is -0.463. The third kappa shape index (κ3) is 5.35. The van der Waals surface area contributed by atoms with E-state index in [1.54, 1.807) is 25.3 Å². The molecule has 140 valence electrons. The molecule has 0 heterocycles. The van der Waals surface area contributed by atoms with Crippen LogP contribution >= 0.6 is 15.9 Å². The van der Waals surface area contributed by atoms with Crippen molar-refractivity contribution in [2.24, 2.45) is 0 Å². The molecule has 2 rings (SSSR count). The van der Waals surface area contributed by atoms with Crippen LogP contribution in [0.4, 0.5) is 11.4 Å². The number of nitrogens with zero attached hydrogens (tertiary/aromatic N) is 2. The molecule has 0 saturated heterocycles. The van der Waals surface area contributed by atoms with Crippen LogP contribution in [0.3, 0.4) is 0 Å². The molecule has 0 aliphatic heterocycles. The molecule has 0 aliphatic carbocycles. The minimum Gasteiger partial charge on any atom is -0.496 e. The topological polar surface area (TPSA) is 65.4 Å². The van der Waals surface area contributed by atoms with Crippen molar-refractivity contribution in [3.05, 3.63) is 58.1 Å². The van der Waals surface area contributed by atoms with Gasteiger partial charge in [0.1, 0.15) is 17.4 Å². The van der Waals surface area contributed by atoms with Gasteiger partial charge in [0, 0.05) is 40.6 Å². The summed E-state index contributed by atoms with van der Waals surface area (Å²) in [5.74, 6) is 0.151. The van der Waals surface area contributed by atoms with Crippen molar-refractivity contribution >= 4 is 39.3 Å². The van der Waals surface area contributed by atoms with Crippen molar-refractivity contribution < 1.29 is 9.53 Å². The molecule has 0 aliphatic rings. The smallest absolute Gasteiger partial charge is 0.266 e. The lowest BCUT2D eigenvalue weighted by molar-refractivity contribution is -0.112. The van der Waals surface area contributed by atoms with Gasteiger partial charge in [-0.25, -0.2) is 0 Å². The lowest BCUT2D eigenvalue weighted by atomic mass is 10.1. The van der Waals surface area contributed by atoms with E-state index in [0.29, 0.717) is 17.0 Å². The van der Waals surface area contributed by atoms with Crippen molar-refractivity contribution in [1.29, 1.82) is 5.26 Å². The van der Waals surface area contributed by atoms with Crippen LogP contribution in [-0.4, -0.2) is 26.1 Å². The molecule has 1 N–H and O–H groups in total. The van der Waals surface area contributed by atoms with Crippen LogP contribution < -0.4 is 15.0 Å². The summed E-state index contributed by atoms with van der Waals surface area (Å²) in [6.07, 6.45) is 1.54. The number of hydrogen-bond donors (Lipinski definition) is 1. The fourth-order valence-corrected chi connectivity index (χ4v) is 2.90. The average molecular weight is 428 g/mol. The number of halogens is 1. The summed E-state index contributed by atoms with van der Waals surface area (Å²) in [4.78, 5) is 14.6. The Morgan fingerprint density at radius 3 is 2.44 bits per heavy atom. The zero-order valence-electron chi connectivity index (χ0n) is 15.6. The molecule has 2 aromatic rings. The molecular formula is C21H22BrN3O2. The number of carbonyl (C=O) groups excluding carboxylic acids is 1. The van der Waals surface area contributed by atoms with Crippen molar-refractivity contribution in [2.45, 2.75) is 13.8 Å². The first-order chi connectivity index (χ1) is 13.0. The SMILES string of the molecule is CCN(CC)c1ccc(/C=C(/C#N)C(=O)Nc2ccc(Br)cc2)c(OC)c1. The summed E-state index contributed by atoms with van der Waals surface area (Å²) in [6.45, 7) is 5.94. The van der Waals surface area contributed by atoms with Gasteiger partial charge in [-0.1, -0.05) is 15.9 Å². The van der Waals surface area contributed by atoms with E-state index >= 15 is 0 Å². The quantitative estimate of drug-likeness (QED) is 0.506. The number of amides is 1. The number of anilines is 2. The second-order valence-corrected chi connectivity index (χ2v) is 6.65. The molecule has 1 amide bonds. The fourth-order valence-electron chi connectivity index (χ4n) is 2.64. The number of rotatable bonds is 7. The molecule has 0 spiro atoms. The molecule has 5 nitrogen and oxygen atoms in total. The Balaban J connectivity index is 2.29. The maximum absolute atomic E-state index is 12.4. The standard InChI is InChI=1S/C21H22BrN3O2/c1-4-25(5-2)19-11-6-15(20(13-19)27-3)12-16(14-23)21(26)24-18-9-7-17(22)8-10-18/h6-13H,4-5H2,1-3H3,(H,24,26)/b16-12-. The maximum atomic E-state index is 12.4. The van der Waals surface area contributed by atoms with E-state index in [1.165, 1.54) is 0 Å². The van der Waals surface area contributed by atoms with E-state index < -0.39 is 5.91 Å². The molecule has 0 radical (unpaired) electrons. The number of carbonyl (C=O) groups is 1. The van der Waals surface area contributed by atoms with E-state index in [-0.39, 0.29) is 5.57 Å². The number of nitrogens with one attached hydrogen (secondary N) is 1. The van der Waals surface area contributed by atoms with E-state index in [1.807, 2.05) is 36.4 Å². The summed E-state index contributed by atoms with van der Waals surface area (Å²) in [5, 5.41) is 12.2. The Labute approximate surface area is 168 Å². The number of ether oxygens (including phenoxy) is 1. The highest BCUT2D eigenvalue weighted by molar-refractivity contribution is 9.10. The second-order valence-electron chi connectivity index (χ2n) is 5.73. The predicted molar refractivity (Wildman–Crippen MR) is 113 cm³/mol.